The summed E-state index contributed by atoms with van der Waals surface area (Å²) in [6.07, 6.45) is 1.82. The van der Waals surface area contributed by atoms with Crippen molar-refractivity contribution < 1.29 is 18.7 Å². The largest absolute Gasteiger partial charge is 0.493 e. The number of piperidine rings is 1. The van der Waals surface area contributed by atoms with Crippen molar-refractivity contribution in [1.29, 1.82) is 0 Å². The van der Waals surface area contributed by atoms with Crippen molar-refractivity contribution in [1.82, 2.24) is 10.2 Å². The number of nitrogens with one attached hydrogen (secondary N) is 1. The van der Waals surface area contributed by atoms with Gasteiger partial charge in [-0.2, -0.15) is 0 Å². The maximum atomic E-state index is 14.0. The molecule has 1 N–H and O–H groups in total. The molecule has 0 bridgehead atoms. The average molecular weight is 471 g/mol. The number of carbonyl (C=O) groups is 2. The van der Waals surface area contributed by atoms with E-state index in [4.69, 9.17) is 4.74 Å². The second kappa shape index (κ2) is 8.52. The summed E-state index contributed by atoms with van der Waals surface area (Å²) in [6.45, 7) is 3.66. The molecule has 3 atom stereocenters. The highest BCUT2D eigenvalue weighted by Crippen LogP contribution is 2.50. The second-order valence-corrected chi connectivity index (χ2v) is 9.83. The number of benzene rings is 3. The Morgan fingerprint density at radius 3 is 2.80 bits per heavy atom. The Balaban J connectivity index is 1.24. The molecule has 1 saturated heterocycles. The molecule has 2 aliphatic heterocycles. The van der Waals surface area contributed by atoms with Crippen LogP contribution in [0.3, 0.4) is 0 Å². The molecule has 0 aromatic heterocycles. The highest BCUT2D eigenvalue weighted by atomic mass is 19.1. The SMILES string of the molecule is Cc1ccc(C(=O)N2C[C@H]3C[C@H]3[C@H]2CNC(=O)c2cccc3c2CCO3)c(-c2cccc(F)c2)c1. The van der Waals surface area contributed by atoms with E-state index in [1.165, 1.54) is 12.1 Å². The molecule has 6 heteroatoms. The van der Waals surface area contributed by atoms with E-state index in [2.05, 4.69) is 5.32 Å². The lowest BCUT2D eigenvalue weighted by Gasteiger charge is -2.29. The van der Waals surface area contributed by atoms with Crippen molar-refractivity contribution in [2.75, 3.05) is 19.7 Å². The summed E-state index contributed by atoms with van der Waals surface area (Å²) in [6, 6.07) is 17.6. The van der Waals surface area contributed by atoms with Gasteiger partial charge in [-0.25, -0.2) is 4.39 Å². The molecular weight excluding hydrogens is 443 g/mol. The van der Waals surface area contributed by atoms with Gasteiger partial charge in [0.15, 0.2) is 0 Å². The van der Waals surface area contributed by atoms with Gasteiger partial charge in [-0.1, -0.05) is 35.9 Å². The molecule has 2 heterocycles. The van der Waals surface area contributed by atoms with Crippen molar-refractivity contribution in [3.63, 3.8) is 0 Å². The number of aryl methyl sites for hydroxylation is 1. The zero-order valence-electron chi connectivity index (χ0n) is 19.6. The van der Waals surface area contributed by atoms with Gasteiger partial charge < -0.3 is 15.0 Å². The lowest BCUT2D eigenvalue weighted by atomic mass is 9.96. The van der Waals surface area contributed by atoms with E-state index < -0.39 is 0 Å². The minimum Gasteiger partial charge on any atom is -0.493 e. The van der Waals surface area contributed by atoms with Crippen LogP contribution in [0, 0.1) is 24.6 Å². The lowest BCUT2D eigenvalue weighted by Crippen LogP contribution is -2.45. The first-order chi connectivity index (χ1) is 17.0. The number of nitrogens with zero attached hydrogens (tertiary/aromatic N) is 1. The van der Waals surface area contributed by atoms with Crippen LogP contribution in [0.4, 0.5) is 4.39 Å². The van der Waals surface area contributed by atoms with Crippen LogP contribution in [0.25, 0.3) is 11.1 Å². The minimum atomic E-state index is -0.330. The van der Waals surface area contributed by atoms with E-state index in [0.717, 1.165) is 35.3 Å². The number of hydrogen-bond acceptors (Lipinski definition) is 3. The number of fused-ring (bicyclic) bond motifs is 2. The van der Waals surface area contributed by atoms with Gasteiger partial charge in [0.05, 0.1) is 12.6 Å². The van der Waals surface area contributed by atoms with Crippen molar-refractivity contribution in [3.05, 3.63) is 88.7 Å². The third-order valence-corrected chi connectivity index (χ3v) is 7.56. The Hall–Kier alpha value is -3.67. The normalized spacial score (nSPS) is 21.8. The number of halogens is 1. The Morgan fingerprint density at radius 1 is 1.09 bits per heavy atom. The van der Waals surface area contributed by atoms with E-state index in [-0.39, 0.29) is 23.7 Å². The summed E-state index contributed by atoms with van der Waals surface area (Å²) >= 11 is 0. The third-order valence-electron chi connectivity index (χ3n) is 7.56. The maximum absolute atomic E-state index is 14.0. The average Bonchev–Trinajstić information content (AvgIpc) is 3.29. The molecule has 6 rings (SSSR count). The Bertz CT molecular complexity index is 1340. The van der Waals surface area contributed by atoms with Crippen LogP contribution >= 0.6 is 0 Å². The van der Waals surface area contributed by atoms with E-state index in [9.17, 15) is 14.0 Å². The number of likely N-dealkylation sites (tertiary alicyclic amines) is 1. The van der Waals surface area contributed by atoms with Gasteiger partial charge in [0.1, 0.15) is 11.6 Å². The molecule has 1 aliphatic carbocycles. The molecular formula is C29H27FN2O3. The molecule has 178 valence electrons. The predicted octanol–water partition coefficient (Wildman–Crippen LogP) is 4.63. The summed E-state index contributed by atoms with van der Waals surface area (Å²) in [5.41, 5.74) is 4.59. The molecule has 0 spiro atoms. The molecule has 3 aliphatic rings. The maximum Gasteiger partial charge on any atom is 0.254 e. The van der Waals surface area contributed by atoms with Crippen molar-refractivity contribution in [3.8, 4) is 16.9 Å². The smallest absolute Gasteiger partial charge is 0.254 e. The van der Waals surface area contributed by atoms with Crippen molar-refractivity contribution in [2.24, 2.45) is 11.8 Å². The fraction of sp³-hybridized carbons (Fsp3) is 0.310. The van der Waals surface area contributed by atoms with Gasteiger partial charge in [0, 0.05) is 36.2 Å². The first kappa shape index (κ1) is 21.8. The van der Waals surface area contributed by atoms with Gasteiger partial charge >= 0.3 is 0 Å². The fourth-order valence-electron chi connectivity index (χ4n) is 5.69. The summed E-state index contributed by atoms with van der Waals surface area (Å²) in [5.74, 6) is 1.15. The molecule has 3 aromatic rings. The Kier molecular flexibility index (Phi) is 5.32. The topological polar surface area (TPSA) is 58.6 Å². The van der Waals surface area contributed by atoms with Crippen LogP contribution in [-0.2, 0) is 6.42 Å². The zero-order chi connectivity index (χ0) is 24.1. The van der Waals surface area contributed by atoms with Gasteiger partial charge in [-0.15, -0.1) is 0 Å². The summed E-state index contributed by atoms with van der Waals surface area (Å²) in [5, 5.41) is 3.09. The Labute approximate surface area is 203 Å². The molecule has 1 saturated carbocycles. The standard InChI is InChI=1S/C29H27FN2O3/c1-17-8-9-23(24(12-17)18-4-2-5-20(30)13-18)29(34)32-16-19-14-25(19)26(32)15-31-28(33)22-6-3-7-27-21(22)10-11-35-27/h2-9,12-13,19,25-26H,10-11,14-16H2,1H3,(H,31,33)/t19-,25-,26-/m1/s1. The minimum absolute atomic E-state index is 0.0499. The fourth-order valence-corrected chi connectivity index (χ4v) is 5.69. The second-order valence-electron chi connectivity index (χ2n) is 9.83. The van der Waals surface area contributed by atoms with E-state index in [1.54, 1.807) is 6.07 Å². The van der Waals surface area contributed by atoms with Crippen LogP contribution in [0.1, 0.15) is 38.3 Å². The molecule has 2 fully saturated rings. The van der Waals surface area contributed by atoms with Crippen molar-refractivity contribution in [2.45, 2.75) is 25.8 Å². The van der Waals surface area contributed by atoms with Gasteiger partial charge in [-0.05, 0) is 66.6 Å². The van der Waals surface area contributed by atoms with Crippen LogP contribution in [0.15, 0.2) is 60.7 Å². The third kappa shape index (κ3) is 3.97. The van der Waals surface area contributed by atoms with Crippen LogP contribution in [-0.4, -0.2) is 42.5 Å². The number of amides is 2. The number of hydrogen-bond donors (Lipinski definition) is 1. The number of ether oxygens (including phenoxy) is 1. The molecule has 0 radical (unpaired) electrons. The number of carbonyl (C=O) groups excluding carboxylic acids is 2. The van der Waals surface area contributed by atoms with E-state index in [1.807, 2.05) is 54.3 Å². The van der Waals surface area contributed by atoms with E-state index >= 15 is 0 Å². The first-order valence-corrected chi connectivity index (χ1v) is 12.2. The van der Waals surface area contributed by atoms with Gasteiger partial charge in [0.25, 0.3) is 11.8 Å². The highest BCUT2D eigenvalue weighted by molar-refractivity contribution is 6.01. The van der Waals surface area contributed by atoms with Crippen LogP contribution < -0.4 is 10.1 Å². The summed E-state index contributed by atoms with van der Waals surface area (Å²) < 4.78 is 19.6. The molecule has 5 nitrogen and oxygen atoms in total. The van der Waals surface area contributed by atoms with Gasteiger partial charge in [-0.3, -0.25) is 9.59 Å². The molecule has 3 aromatic carbocycles. The predicted molar refractivity (Wildman–Crippen MR) is 131 cm³/mol. The summed E-state index contributed by atoms with van der Waals surface area (Å²) in [7, 11) is 0. The molecule has 0 unspecified atom stereocenters. The first-order valence-electron chi connectivity index (χ1n) is 12.2. The van der Waals surface area contributed by atoms with Gasteiger partial charge in [0.2, 0.25) is 0 Å². The summed E-state index contributed by atoms with van der Waals surface area (Å²) in [4.78, 5) is 28.7. The van der Waals surface area contributed by atoms with Crippen LogP contribution in [0.5, 0.6) is 5.75 Å². The molecule has 35 heavy (non-hydrogen) atoms. The number of rotatable bonds is 5. The quantitative estimate of drug-likeness (QED) is 0.592. The zero-order valence-corrected chi connectivity index (χ0v) is 19.6. The lowest BCUT2D eigenvalue weighted by molar-refractivity contribution is 0.0695. The molecule has 2 amide bonds. The monoisotopic (exact) mass is 470 g/mol. The van der Waals surface area contributed by atoms with Crippen LogP contribution in [0.2, 0.25) is 0 Å². The Morgan fingerprint density at radius 2 is 1.94 bits per heavy atom. The van der Waals surface area contributed by atoms with E-state index in [0.29, 0.717) is 48.2 Å². The highest BCUT2D eigenvalue weighted by Gasteiger charge is 2.54. The van der Waals surface area contributed by atoms with Crippen molar-refractivity contribution >= 4 is 11.8 Å².